The fraction of sp³-hybridized carbons (Fsp3) is 0.550. The summed E-state index contributed by atoms with van der Waals surface area (Å²) in [6, 6.07) is 5.17. The minimum absolute atomic E-state index is 0.0987. The number of nitrogens with one attached hydrogen (secondary N) is 1. The molecule has 3 heterocycles. The van der Waals surface area contributed by atoms with Crippen LogP contribution in [0.4, 0.5) is 4.79 Å². The summed E-state index contributed by atoms with van der Waals surface area (Å²) in [6.07, 6.45) is 2.54. The minimum Gasteiger partial charge on any atom is -0.490 e. The molecule has 28 heavy (non-hydrogen) atoms. The van der Waals surface area contributed by atoms with E-state index in [1.807, 2.05) is 18.2 Å². The summed E-state index contributed by atoms with van der Waals surface area (Å²) in [5.41, 5.74) is 0.00321. The zero-order chi connectivity index (χ0) is 19.9. The van der Waals surface area contributed by atoms with Gasteiger partial charge in [-0.3, -0.25) is 14.5 Å². The fourth-order valence-electron chi connectivity index (χ4n) is 3.99. The Bertz CT molecular complexity index is 822. The Morgan fingerprint density at radius 2 is 1.93 bits per heavy atom. The molecular formula is C20H25N3O5. The van der Waals surface area contributed by atoms with Crippen LogP contribution in [0.2, 0.25) is 0 Å². The lowest BCUT2D eigenvalue weighted by Crippen LogP contribution is -2.44. The van der Waals surface area contributed by atoms with Gasteiger partial charge in [0.05, 0.1) is 19.3 Å². The van der Waals surface area contributed by atoms with Gasteiger partial charge >= 0.3 is 6.03 Å². The molecule has 3 aliphatic rings. The number of benzene rings is 1. The molecule has 0 spiro atoms. The Kier molecular flexibility index (Phi) is 4.64. The van der Waals surface area contributed by atoms with E-state index >= 15 is 0 Å². The average molecular weight is 387 g/mol. The predicted octanol–water partition coefficient (Wildman–Crippen LogP) is 1.84. The quantitative estimate of drug-likeness (QED) is 0.800. The molecule has 0 aromatic heterocycles. The van der Waals surface area contributed by atoms with Gasteiger partial charge in [-0.25, -0.2) is 4.79 Å². The monoisotopic (exact) mass is 387 g/mol. The zero-order valence-corrected chi connectivity index (χ0v) is 16.2. The average Bonchev–Trinajstić information content (AvgIpc) is 3.11. The number of carbonyl (C=O) groups excluding carboxylic acids is 3. The lowest BCUT2D eigenvalue weighted by Gasteiger charge is -2.27. The van der Waals surface area contributed by atoms with E-state index in [-0.39, 0.29) is 24.4 Å². The van der Waals surface area contributed by atoms with Crippen molar-refractivity contribution in [1.82, 2.24) is 15.1 Å². The topological polar surface area (TPSA) is 88.2 Å². The molecule has 0 aliphatic carbocycles. The van der Waals surface area contributed by atoms with Crippen molar-refractivity contribution >= 4 is 17.8 Å². The molecule has 4 amide bonds. The predicted molar refractivity (Wildman–Crippen MR) is 100 cm³/mol. The van der Waals surface area contributed by atoms with Gasteiger partial charge in [-0.1, -0.05) is 6.07 Å². The Hall–Kier alpha value is -2.77. The molecule has 0 radical (unpaired) electrons. The first-order valence-corrected chi connectivity index (χ1v) is 9.70. The molecular weight excluding hydrogens is 362 g/mol. The summed E-state index contributed by atoms with van der Waals surface area (Å²) in [5, 5.41) is 2.61. The number of hydrogen-bond donors (Lipinski definition) is 1. The number of rotatable bonds is 3. The number of ether oxygens (including phenoxy) is 2. The summed E-state index contributed by atoms with van der Waals surface area (Å²) in [7, 11) is 0. The van der Waals surface area contributed by atoms with Crippen LogP contribution in [-0.2, 0) is 9.59 Å². The van der Waals surface area contributed by atoms with E-state index in [0.717, 1.165) is 35.5 Å². The number of carbonyl (C=O) groups is 3. The maximum absolute atomic E-state index is 12.9. The number of hydrogen-bond acceptors (Lipinski definition) is 5. The first-order valence-electron chi connectivity index (χ1n) is 9.70. The fourth-order valence-corrected chi connectivity index (χ4v) is 3.99. The van der Waals surface area contributed by atoms with Crippen molar-refractivity contribution < 1.29 is 23.9 Å². The maximum atomic E-state index is 12.9. The van der Waals surface area contributed by atoms with Gasteiger partial charge in [0.1, 0.15) is 12.1 Å². The molecule has 1 N–H and O–H groups in total. The van der Waals surface area contributed by atoms with Crippen molar-refractivity contribution in [3.63, 3.8) is 0 Å². The lowest BCUT2D eigenvalue weighted by molar-refractivity contribution is -0.139. The van der Waals surface area contributed by atoms with E-state index < -0.39 is 11.6 Å². The molecule has 2 fully saturated rings. The standard InChI is InChI=1S/C20H25N3O5/c1-20(2)18(25)23(19(26)21-20)12-17(24)22-8-3-5-14(22)13-6-7-15-16(11-13)28-10-4-9-27-15/h6-7,11,14H,3-5,8-10,12H2,1-2H3,(H,21,26)/t14-/m0/s1. The molecule has 1 aromatic rings. The van der Waals surface area contributed by atoms with Crippen LogP contribution in [0.25, 0.3) is 0 Å². The van der Waals surface area contributed by atoms with Gasteiger partial charge in [0, 0.05) is 13.0 Å². The first kappa shape index (κ1) is 18.6. The number of likely N-dealkylation sites (tertiary alicyclic amines) is 1. The second-order valence-electron chi connectivity index (χ2n) is 7.95. The van der Waals surface area contributed by atoms with Gasteiger partial charge in [0.15, 0.2) is 11.5 Å². The molecule has 1 aromatic carbocycles. The molecule has 8 nitrogen and oxygen atoms in total. The van der Waals surface area contributed by atoms with Gasteiger partial charge in [0.25, 0.3) is 5.91 Å². The Morgan fingerprint density at radius 3 is 2.64 bits per heavy atom. The molecule has 0 unspecified atom stereocenters. The van der Waals surface area contributed by atoms with Crippen molar-refractivity contribution in [3.8, 4) is 11.5 Å². The van der Waals surface area contributed by atoms with Gasteiger partial charge in [-0.05, 0) is 44.4 Å². The molecule has 0 saturated carbocycles. The lowest BCUT2D eigenvalue weighted by atomic mass is 10.0. The van der Waals surface area contributed by atoms with E-state index in [1.54, 1.807) is 18.7 Å². The SMILES string of the molecule is CC1(C)NC(=O)N(CC(=O)N2CCC[C@H]2c2ccc3c(c2)OCCCO3)C1=O. The van der Waals surface area contributed by atoms with E-state index in [4.69, 9.17) is 9.47 Å². The molecule has 8 heteroatoms. The van der Waals surface area contributed by atoms with Crippen LogP contribution < -0.4 is 14.8 Å². The third-order valence-corrected chi connectivity index (χ3v) is 5.47. The normalized spacial score (nSPS) is 23.6. The summed E-state index contributed by atoms with van der Waals surface area (Å²) < 4.78 is 11.4. The van der Waals surface area contributed by atoms with E-state index in [9.17, 15) is 14.4 Å². The number of imide groups is 1. The molecule has 150 valence electrons. The van der Waals surface area contributed by atoms with Crippen LogP contribution in [-0.4, -0.2) is 59.5 Å². The van der Waals surface area contributed by atoms with Gasteiger partial charge < -0.3 is 19.7 Å². The molecule has 4 rings (SSSR count). The van der Waals surface area contributed by atoms with Gasteiger partial charge in [-0.15, -0.1) is 0 Å². The van der Waals surface area contributed by atoms with Crippen LogP contribution in [0.15, 0.2) is 18.2 Å². The molecule has 3 aliphatic heterocycles. The van der Waals surface area contributed by atoms with Crippen LogP contribution in [0.1, 0.15) is 44.7 Å². The number of fused-ring (bicyclic) bond motifs is 1. The molecule has 1 atom stereocenters. The van der Waals surface area contributed by atoms with E-state index in [0.29, 0.717) is 25.5 Å². The van der Waals surface area contributed by atoms with Gasteiger partial charge in [0.2, 0.25) is 5.91 Å². The summed E-state index contributed by atoms with van der Waals surface area (Å²) in [5.74, 6) is 0.817. The number of amides is 4. The highest BCUT2D eigenvalue weighted by Crippen LogP contribution is 2.38. The highest BCUT2D eigenvalue weighted by atomic mass is 16.5. The third-order valence-electron chi connectivity index (χ3n) is 5.47. The van der Waals surface area contributed by atoms with E-state index in [1.165, 1.54) is 0 Å². The van der Waals surface area contributed by atoms with Crippen molar-refractivity contribution in [3.05, 3.63) is 23.8 Å². The van der Waals surface area contributed by atoms with Gasteiger partial charge in [-0.2, -0.15) is 0 Å². The van der Waals surface area contributed by atoms with Crippen LogP contribution in [0.5, 0.6) is 11.5 Å². The number of nitrogens with zero attached hydrogens (tertiary/aromatic N) is 2. The van der Waals surface area contributed by atoms with E-state index in [2.05, 4.69) is 5.32 Å². The van der Waals surface area contributed by atoms with Crippen molar-refractivity contribution in [2.45, 2.75) is 44.7 Å². The first-order chi connectivity index (χ1) is 13.4. The third kappa shape index (κ3) is 3.27. The van der Waals surface area contributed by atoms with Crippen molar-refractivity contribution in [1.29, 1.82) is 0 Å². The highest BCUT2D eigenvalue weighted by Gasteiger charge is 2.45. The highest BCUT2D eigenvalue weighted by molar-refractivity contribution is 6.08. The second-order valence-corrected chi connectivity index (χ2v) is 7.95. The number of urea groups is 1. The summed E-state index contributed by atoms with van der Waals surface area (Å²) >= 11 is 0. The Morgan fingerprint density at radius 1 is 1.18 bits per heavy atom. The van der Waals surface area contributed by atoms with Crippen molar-refractivity contribution in [2.75, 3.05) is 26.3 Å². The summed E-state index contributed by atoms with van der Waals surface area (Å²) in [6.45, 7) is 4.86. The van der Waals surface area contributed by atoms with Crippen LogP contribution in [0.3, 0.4) is 0 Å². The molecule has 2 saturated heterocycles. The molecule has 0 bridgehead atoms. The van der Waals surface area contributed by atoms with Crippen LogP contribution in [0, 0.1) is 0 Å². The Labute approximate surface area is 163 Å². The van der Waals surface area contributed by atoms with Crippen molar-refractivity contribution in [2.24, 2.45) is 0 Å². The smallest absolute Gasteiger partial charge is 0.325 e. The maximum Gasteiger partial charge on any atom is 0.325 e. The summed E-state index contributed by atoms with van der Waals surface area (Å²) in [4.78, 5) is 40.1. The van der Waals surface area contributed by atoms with Crippen LogP contribution >= 0.6 is 0 Å². The second kappa shape index (κ2) is 7.00. The Balaban J connectivity index is 1.51. The minimum atomic E-state index is -0.976. The largest absolute Gasteiger partial charge is 0.490 e. The zero-order valence-electron chi connectivity index (χ0n) is 16.2.